The van der Waals surface area contributed by atoms with Gasteiger partial charge in [0.1, 0.15) is 0 Å². The van der Waals surface area contributed by atoms with Gasteiger partial charge in [0.15, 0.2) is 0 Å². The molecule has 0 bridgehead atoms. The van der Waals surface area contributed by atoms with Gasteiger partial charge < -0.3 is 15.3 Å². The van der Waals surface area contributed by atoms with E-state index < -0.39 is 5.97 Å². The molecule has 0 spiro atoms. The van der Waals surface area contributed by atoms with Crippen molar-refractivity contribution in [2.24, 2.45) is 0 Å². The zero-order valence-electron chi connectivity index (χ0n) is 6.40. The fraction of sp³-hybridized carbons (Fsp3) is 0.500. The topological polar surface area (TPSA) is 60.7 Å². The van der Waals surface area contributed by atoms with Gasteiger partial charge in [-0.1, -0.05) is 12.2 Å². The first-order chi connectivity index (χ1) is 5.06. The monoisotopic (exact) mass is 158 g/mol. The molecular weight excluding hydrogens is 144 g/mol. The standard InChI is InChI=1S/C8H14O3/c1-2-3-4-5-6-7-8(9,10)11/h2,6-7,9-11H,1,3-5H2/b7-6+. The summed E-state index contributed by atoms with van der Waals surface area (Å²) in [5, 5.41) is 25.1. The van der Waals surface area contributed by atoms with Gasteiger partial charge in [-0.3, -0.25) is 0 Å². The molecule has 0 aliphatic rings. The summed E-state index contributed by atoms with van der Waals surface area (Å²) in [5.41, 5.74) is 0. The SMILES string of the molecule is C=CCCC/C=C/C(O)(O)O. The third-order valence-corrected chi connectivity index (χ3v) is 1.12. The summed E-state index contributed by atoms with van der Waals surface area (Å²) in [6.07, 6.45) is 6.74. The highest BCUT2D eigenvalue weighted by atomic mass is 16.7. The van der Waals surface area contributed by atoms with E-state index in [4.69, 9.17) is 15.3 Å². The van der Waals surface area contributed by atoms with Crippen molar-refractivity contribution in [3.05, 3.63) is 24.8 Å². The first kappa shape index (κ1) is 10.4. The molecule has 0 amide bonds. The molecule has 0 heterocycles. The fourth-order valence-electron chi connectivity index (χ4n) is 0.621. The lowest BCUT2D eigenvalue weighted by atomic mass is 10.2. The molecule has 0 rings (SSSR count). The zero-order chi connectivity index (χ0) is 8.74. The summed E-state index contributed by atoms with van der Waals surface area (Å²) >= 11 is 0. The van der Waals surface area contributed by atoms with E-state index in [0.717, 1.165) is 18.9 Å². The van der Waals surface area contributed by atoms with Gasteiger partial charge in [-0.2, -0.15) is 0 Å². The quantitative estimate of drug-likeness (QED) is 0.311. The van der Waals surface area contributed by atoms with Crippen LogP contribution in [0, 0.1) is 0 Å². The number of unbranched alkanes of at least 4 members (excludes halogenated alkanes) is 2. The van der Waals surface area contributed by atoms with Crippen molar-refractivity contribution in [3.63, 3.8) is 0 Å². The van der Waals surface area contributed by atoms with Gasteiger partial charge in [0, 0.05) is 0 Å². The van der Waals surface area contributed by atoms with Crippen LogP contribution in [0.3, 0.4) is 0 Å². The second-order valence-electron chi connectivity index (χ2n) is 2.31. The first-order valence-electron chi connectivity index (χ1n) is 3.52. The summed E-state index contributed by atoms with van der Waals surface area (Å²) in [4.78, 5) is 0. The number of rotatable bonds is 5. The molecule has 0 aromatic carbocycles. The Morgan fingerprint density at radius 1 is 1.18 bits per heavy atom. The molecule has 3 heteroatoms. The predicted octanol–water partition coefficient (Wildman–Crippen LogP) is 0.530. The molecule has 0 radical (unpaired) electrons. The molecule has 0 unspecified atom stereocenters. The molecule has 0 saturated carbocycles. The van der Waals surface area contributed by atoms with Gasteiger partial charge in [-0.15, -0.1) is 6.58 Å². The molecule has 0 fully saturated rings. The number of allylic oxidation sites excluding steroid dienone is 2. The van der Waals surface area contributed by atoms with Crippen LogP contribution in [-0.2, 0) is 0 Å². The van der Waals surface area contributed by atoms with Crippen molar-refractivity contribution in [2.75, 3.05) is 0 Å². The van der Waals surface area contributed by atoms with Crippen molar-refractivity contribution in [3.8, 4) is 0 Å². The Labute approximate surface area is 66.3 Å². The van der Waals surface area contributed by atoms with Crippen LogP contribution in [0.25, 0.3) is 0 Å². The Morgan fingerprint density at radius 2 is 1.82 bits per heavy atom. The van der Waals surface area contributed by atoms with E-state index in [1.165, 1.54) is 6.08 Å². The first-order valence-corrected chi connectivity index (χ1v) is 3.52. The van der Waals surface area contributed by atoms with Gasteiger partial charge in [-0.05, 0) is 25.3 Å². The second-order valence-corrected chi connectivity index (χ2v) is 2.31. The van der Waals surface area contributed by atoms with Crippen LogP contribution in [0.1, 0.15) is 19.3 Å². The summed E-state index contributed by atoms with van der Waals surface area (Å²) < 4.78 is 0. The molecule has 3 N–H and O–H groups in total. The van der Waals surface area contributed by atoms with E-state index in [0.29, 0.717) is 6.42 Å². The van der Waals surface area contributed by atoms with Crippen LogP contribution in [0.15, 0.2) is 24.8 Å². The van der Waals surface area contributed by atoms with Crippen molar-refractivity contribution in [1.29, 1.82) is 0 Å². The number of hydrogen-bond acceptors (Lipinski definition) is 3. The average molecular weight is 158 g/mol. The third-order valence-electron chi connectivity index (χ3n) is 1.12. The predicted molar refractivity (Wildman–Crippen MR) is 42.6 cm³/mol. The summed E-state index contributed by atoms with van der Waals surface area (Å²) in [6, 6.07) is 0. The maximum Gasteiger partial charge on any atom is 0.297 e. The summed E-state index contributed by atoms with van der Waals surface area (Å²) in [5.74, 6) is -2.66. The lowest BCUT2D eigenvalue weighted by molar-refractivity contribution is -0.273. The highest BCUT2D eigenvalue weighted by Gasteiger charge is 2.10. The Kier molecular flexibility index (Phi) is 4.77. The van der Waals surface area contributed by atoms with Crippen molar-refractivity contribution >= 4 is 0 Å². The zero-order valence-corrected chi connectivity index (χ0v) is 6.40. The van der Waals surface area contributed by atoms with E-state index >= 15 is 0 Å². The highest BCUT2D eigenvalue weighted by Crippen LogP contribution is 2.00. The van der Waals surface area contributed by atoms with E-state index in [9.17, 15) is 0 Å². The normalized spacial score (nSPS) is 12.3. The van der Waals surface area contributed by atoms with Gasteiger partial charge >= 0.3 is 0 Å². The van der Waals surface area contributed by atoms with Crippen LogP contribution in [-0.4, -0.2) is 21.3 Å². The Hall–Kier alpha value is -0.640. The minimum Gasteiger partial charge on any atom is -0.340 e. The van der Waals surface area contributed by atoms with Gasteiger partial charge in [0.2, 0.25) is 0 Å². The van der Waals surface area contributed by atoms with Crippen molar-refractivity contribution in [1.82, 2.24) is 0 Å². The minimum absolute atomic E-state index is 0.704. The van der Waals surface area contributed by atoms with Crippen LogP contribution in [0.4, 0.5) is 0 Å². The average Bonchev–Trinajstić information content (AvgIpc) is 1.85. The Bertz CT molecular complexity index is 133. The van der Waals surface area contributed by atoms with Crippen LogP contribution in [0.2, 0.25) is 0 Å². The number of hydrogen-bond donors (Lipinski definition) is 3. The Balaban J connectivity index is 3.37. The molecule has 0 aliphatic heterocycles. The third kappa shape index (κ3) is 9.36. The van der Waals surface area contributed by atoms with E-state index in [2.05, 4.69) is 6.58 Å². The van der Waals surface area contributed by atoms with Crippen LogP contribution >= 0.6 is 0 Å². The van der Waals surface area contributed by atoms with E-state index in [-0.39, 0.29) is 0 Å². The van der Waals surface area contributed by atoms with E-state index in [1.54, 1.807) is 6.08 Å². The number of aliphatic hydroxyl groups is 3. The second kappa shape index (κ2) is 5.07. The Morgan fingerprint density at radius 3 is 2.27 bits per heavy atom. The van der Waals surface area contributed by atoms with Gasteiger partial charge in [-0.25, -0.2) is 0 Å². The summed E-state index contributed by atoms with van der Waals surface area (Å²) in [7, 11) is 0. The lowest BCUT2D eigenvalue weighted by Crippen LogP contribution is -2.23. The van der Waals surface area contributed by atoms with Gasteiger partial charge in [0.25, 0.3) is 5.97 Å². The fourth-order valence-corrected chi connectivity index (χ4v) is 0.621. The van der Waals surface area contributed by atoms with E-state index in [1.807, 2.05) is 0 Å². The smallest absolute Gasteiger partial charge is 0.297 e. The lowest BCUT2D eigenvalue weighted by Gasteiger charge is -2.06. The minimum atomic E-state index is -2.66. The largest absolute Gasteiger partial charge is 0.340 e. The van der Waals surface area contributed by atoms with Crippen molar-refractivity contribution < 1.29 is 15.3 Å². The molecular formula is C8H14O3. The van der Waals surface area contributed by atoms with Gasteiger partial charge in [0.05, 0.1) is 0 Å². The van der Waals surface area contributed by atoms with Crippen LogP contribution < -0.4 is 0 Å². The summed E-state index contributed by atoms with van der Waals surface area (Å²) in [6.45, 7) is 3.53. The van der Waals surface area contributed by atoms with Crippen LogP contribution in [0.5, 0.6) is 0 Å². The molecule has 0 aromatic heterocycles. The molecule has 64 valence electrons. The molecule has 0 aromatic rings. The van der Waals surface area contributed by atoms with Crippen molar-refractivity contribution in [2.45, 2.75) is 25.2 Å². The molecule has 11 heavy (non-hydrogen) atoms. The highest BCUT2D eigenvalue weighted by molar-refractivity contribution is 4.87. The molecule has 0 aliphatic carbocycles. The molecule has 0 saturated heterocycles. The molecule has 0 atom stereocenters. The molecule has 3 nitrogen and oxygen atoms in total. The maximum atomic E-state index is 8.38. The maximum absolute atomic E-state index is 8.38.